The number of imide groups is 1. The molecule has 2 aromatic rings. The van der Waals surface area contributed by atoms with Crippen LogP contribution in [0.3, 0.4) is 0 Å². The Balaban J connectivity index is 1.97. The molecule has 0 aliphatic carbocycles. The number of anilines is 2. The van der Waals surface area contributed by atoms with E-state index < -0.39 is 11.8 Å². The summed E-state index contributed by atoms with van der Waals surface area (Å²) in [6.07, 6.45) is 0. The first-order valence-electron chi connectivity index (χ1n) is 8.28. The molecule has 0 bridgehead atoms. The van der Waals surface area contributed by atoms with E-state index in [-0.39, 0.29) is 10.7 Å². The van der Waals surface area contributed by atoms with E-state index in [1.165, 1.54) is 0 Å². The van der Waals surface area contributed by atoms with Crippen LogP contribution < -0.4 is 15.0 Å². The SMILES string of the molecule is CCOc1ccccc1N1C(=O)C(Cl)=C(Nc2cc(C)ccc2C)C1=O. The largest absolute Gasteiger partial charge is 0.492 e. The summed E-state index contributed by atoms with van der Waals surface area (Å²) in [5.41, 5.74) is 3.15. The molecule has 1 heterocycles. The minimum absolute atomic E-state index is 0.0664. The molecule has 1 N–H and O–H groups in total. The van der Waals surface area contributed by atoms with Gasteiger partial charge in [-0.2, -0.15) is 0 Å². The zero-order valence-corrected chi connectivity index (χ0v) is 15.6. The Morgan fingerprint density at radius 3 is 2.54 bits per heavy atom. The minimum atomic E-state index is -0.573. The first-order valence-corrected chi connectivity index (χ1v) is 8.66. The summed E-state index contributed by atoms with van der Waals surface area (Å²) in [7, 11) is 0. The van der Waals surface area contributed by atoms with Gasteiger partial charge in [0.1, 0.15) is 16.5 Å². The second kappa shape index (κ2) is 7.22. The molecule has 134 valence electrons. The van der Waals surface area contributed by atoms with Crippen molar-refractivity contribution in [3.8, 4) is 5.75 Å². The van der Waals surface area contributed by atoms with Crippen LogP contribution in [0.2, 0.25) is 0 Å². The van der Waals surface area contributed by atoms with Gasteiger partial charge in [-0.15, -0.1) is 0 Å². The van der Waals surface area contributed by atoms with Crippen molar-refractivity contribution < 1.29 is 14.3 Å². The Morgan fingerprint density at radius 1 is 1.08 bits per heavy atom. The second-order valence-corrected chi connectivity index (χ2v) is 6.36. The number of ether oxygens (including phenoxy) is 1. The molecule has 0 saturated heterocycles. The molecule has 0 spiro atoms. The van der Waals surface area contributed by atoms with Gasteiger partial charge in [0.2, 0.25) is 0 Å². The van der Waals surface area contributed by atoms with Gasteiger partial charge in [0.05, 0.1) is 12.3 Å². The van der Waals surface area contributed by atoms with E-state index in [0.717, 1.165) is 21.7 Å². The Labute approximate surface area is 157 Å². The lowest BCUT2D eigenvalue weighted by Crippen LogP contribution is -2.32. The molecule has 5 nitrogen and oxygen atoms in total. The van der Waals surface area contributed by atoms with Gasteiger partial charge >= 0.3 is 0 Å². The number of para-hydroxylation sites is 2. The number of carbonyl (C=O) groups excluding carboxylic acids is 2. The standard InChI is InChI=1S/C20H19ClN2O3/c1-4-26-16-8-6-5-7-15(16)23-19(24)17(21)18(20(23)25)22-14-11-12(2)9-10-13(14)3/h5-11,22H,4H2,1-3H3. The number of aryl methyl sites for hydroxylation is 2. The van der Waals surface area contributed by atoms with Crippen LogP contribution in [0.5, 0.6) is 5.75 Å². The average molecular weight is 371 g/mol. The number of nitrogens with zero attached hydrogens (tertiary/aromatic N) is 1. The minimum Gasteiger partial charge on any atom is -0.492 e. The summed E-state index contributed by atoms with van der Waals surface area (Å²) in [5.74, 6) is -0.626. The normalized spacial score (nSPS) is 14.2. The zero-order valence-electron chi connectivity index (χ0n) is 14.8. The third kappa shape index (κ3) is 3.18. The highest BCUT2D eigenvalue weighted by atomic mass is 35.5. The maximum atomic E-state index is 12.9. The van der Waals surface area contributed by atoms with E-state index in [1.807, 2.05) is 39.0 Å². The summed E-state index contributed by atoms with van der Waals surface area (Å²) in [6, 6.07) is 12.7. The van der Waals surface area contributed by atoms with Crippen LogP contribution in [0.25, 0.3) is 0 Å². The Morgan fingerprint density at radius 2 is 1.81 bits per heavy atom. The zero-order chi connectivity index (χ0) is 18.8. The van der Waals surface area contributed by atoms with Crippen LogP contribution in [-0.2, 0) is 9.59 Å². The van der Waals surface area contributed by atoms with Crippen molar-refractivity contribution in [2.45, 2.75) is 20.8 Å². The highest BCUT2D eigenvalue weighted by Gasteiger charge is 2.40. The van der Waals surface area contributed by atoms with E-state index in [1.54, 1.807) is 24.3 Å². The summed E-state index contributed by atoms with van der Waals surface area (Å²) < 4.78 is 5.54. The maximum Gasteiger partial charge on any atom is 0.283 e. The van der Waals surface area contributed by atoms with Gasteiger partial charge in [-0.3, -0.25) is 9.59 Å². The second-order valence-electron chi connectivity index (χ2n) is 5.98. The molecule has 2 aromatic carbocycles. The van der Waals surface area contributed by atoms with Gasteiger partial charge in [0.25, 0.3) is 11.8 Å². The third-order valence-corrected chi connectivity index (χ3v) is 4.44. The molecule has 6 heteroatoms. The number of halogens is 1. The number of rotatable bonds is 5. The molecule has 0 aromatic heterocycles. The smallest absolute Gasteiger partial charge is 0.283 e. The number of benzene rings is 2. The summed E-state index contributed by atoms with van der Waals surface area (Å²) in [5, 5.41) is 2.89. The molecule has 3 rings (SSSR count). The monoisotopic (exact) mass is 370 g/mol. The van der Waals surface area contributed by atoms with Gasteiger partial charge in [-0.25, -0.2) is 4.90 Å². The molecular formula is C20H19ClN2O3. The highest BCUT2D eigenvalue weighted by molar-refractivity contribution is 6.53. The summed E-state index contributed by atoms with van der Waals surface area (Å²) >= 11 is 6.20. The quantitative estimate of drug-likeness (QED) is 0.804. The molecule has 0 saturated carbocycles. The van der Waals surface area contributed by atoms with Crippen molar-refractivity contribution in [3.05, 3.63) is 64.3 Å². The Bertz CT molecular complexity index is 921. The van der Waals surface area contributed by atoms with Crippen molar-refractivity contribution in [3.63, 3.8) is 0 Å². The molecule has 0 unspecified atom stereocenters. The van der Waals surface area contributed by atoms with Crippen molar-refractivity contribution in [2.24, 2.45) is 0 Å². The Kier molecular flexibility index (Phi) is 5.00. The first-order chi connectivity index (χ1) is 12.4. The van der Waals surface area contributed by atoms with Crippen LogP contribution in [-0.4, -0.2) is 18.4 Å². The van der Waals surface area contributed by atoms with E-state index in [9.17, 15) is 9.59 Å². The predicted molar refractivity (Wildman–Crippen MR) is 103 cm³/mol. The molecule has 0 radical (unpaired) electrons. The van der Waals surface area contributed by atoms with Crippen LogP contribution in [0.15, 0.2) is 53.2 Å². The van der Waals surface area contributed by atoms with Gasteiger partial charge in [-0.1, -0.05) is 35.9 Å². The van der Waals surface area contributed by atoms with Gasteiger partial charge in [-0.05, 0) is 50.1 Å². The van der Waals surface area contributed by atoms with Crippen molar-refractivity contribution in [2.75, 3.05) is 16.8 Å². The van der Waals surface area contributed by atoms with Crippen LogP contribution in [0.4, 0.5) is 11.4 Å². The summed E-state index contributed by atoms with van der Waals surface area (Å²) in [6.45, 7) is 6.12. The number of hydrogen-bond acceptors (Lipinski definition) is 4. The lowest BCUT2D eigenvalue weighted by Gasteiger charge is -2.18. The molecule has 0 fully saturated rings. The van der Waals surface area contributed by atoms with Crippen LogP contribution >= 0.6 is 11.6 Å². The molecule has 0 atom stereocenters. The average Bonchev–Trinajstić information content (AvgIpc) is 2.82. The third-order valence-electron chi connectivity index (χ3n) is 4.09. The van der Waals surface area contributed by atoms with E-state index in [0.29, 0.717) is 18.0 Å². The molecule has 1 aliphatic heterocycles. The van der Waals surface area contributed by atoms with Crippen molar-refractivity contribution >= 4 is 34.8 Å². The number of amides is 2. The Hall–Kier alpha value is -2.79. The molecule has 26 heavy (non-hydrogen) atoms. The molecule has 1 aliphatic rings. The van der Waals surface area contributed by atoms with Gasteiger partial charge < -0.3 is 10.1 Å². The fraction of sp³-hybridized carbons (Fsp3) is 0.200. The van der Waals surface area contributed by atoms with Gasteiger partial charge in [0, 0.05) is 5.69 Å². The fourth-order valence-electron chi connectivity index (χ4n) is 2.75. The van der Waals surface area contributed by atoms with E-state index >= 15 is 0 Å². The first kappa shape index (κ1) is 18.0. The number of hydrogen-bond donors (Lipinski definition) is 1. The van der Waals surface area contributed by atoms with E-state index in [2.05, 4.69) is 5.32 Å². The lowest BCUT2D eigenvalue weighted by atomic mass is 10.1. The van der Waals surface area contributed by atoms with Gasteiger partial charge in [0.15, 0.2) is 0 Å². The molecule has 2 amide bonds. The number of carbonyl (C=O) groups is 2. The maximum absolute atomic E-state index is 12.9. The van der Waals surface area contributed by atoms with Crippen LogP contribution in [0.1, 0.15) is 18.1 Å². The van der Waals surface area contributed by atoms with E-state index in [4.69, 9.17) is 16.3 Å². The fourth-order valence-corrected chi connectivity index (χ4v) is 2.97. The predicted octanol–water partition coefficient (Wildman–Crippen LogP) is 4.14. The lowest BCUT2D eigenvalue weighted by molar-refractivity contribution is -0.120. The van der Waals surface area contributed by atoms with Crippen molar-refractivity contribution in [1.82, 2.24) is 0 Å². The molecular weight excluding hydrogens is 352 g/mol. The summed E-state index contributed by atoms with van der Waals surface area (Å²) in [4.78, 5) is 26.6. The topological polar surface area (TPSA) is 58.6 Å². The highest BCUT2D eigenvalue weighted by Crippen LogP contribution is 2.35. The van der Waals surface area contributed by atoms with Crippen molar-refractivity contribution in [1.29, 1.82) is 0 Å². The van der Waals surface area contributed by atoms with Crippen LogP contribution in [0, 0.1) is 13.8 Å². The number of nitrogens with one attached hydrogen (secondary N) is 1.